The molecule has 0 aliphatic carbocycles. The summed E-state index contributed by atoms with van der Waals surface area (Å²) in [6, 6.07) is 0. The minimum Gasteiger partial charge on any atom is -0.395 e. The van der Waals surface area contributed by atoms with E-state index in [1.807, 2.05) is 6.08 Å². The Balaban J connectivity index is 3.50. The molecule has 23 heavy (non-hydrogen) atoms. The van der Waals surface area contributed by atoms with Crippen molar-refractivity contribution in [3.8, 4) is 0 Å². The van der Waals surface area contributed by atoms with Crippen LogP contribution in [0.4, 0.5) is 0 Å². The third-order valence-electron chi connectivity index (χ3n) is 3.87. The quantitative estimate of drug-likeness (QED) is 0.287. The van der Waals surface area contributed by atoms with E-state index in [0.717, 1.165) is 51.4 Å². The molecule has 0 aromatic heterocycles. The molecular formula is C20H39NO2. The third-order valence-corrected chi connectivity index (χ3v) is 3.87. The van der Waals surface area contributed by atoms with E-state index in [2.05, 4.69) is 12.2 Å². The molecule has 0 fully saturated rings. The molecule has 0 aliphatic rings. The molecule has 1 amide bonds. The zero-order valence-electron chi connectivity index (χ0n) is 17.1. The highest BCUT2D eigenvalue weighted by Crippen LogP contribution is 2.09. The van der Waals surface area contributed by atoms with E-state index in [9.17, 15) is 4.79 Å². The van der Waals surface area contributed by atoms with E-state index in [-0.39, 0.29) is 12.5 Å². The maximum atomic E-state index is 11.3. The zero-order valence-corrected chi connectivity index (χ0v) is 15.1. The maximum Gasteiger partial charge on any atom is 0.220 e. The number of unbranched alkanes of at least 4 members (excludes halogenated alkanes) is 9. The van der Waals surface area contributed by atoms with Crippen LogP contribution in [0.3, 0.4) is 0 Å². The summed E-state index contributed by atoms with van der Waals surface area (Å²) in [5.41, 5.74) is 0. The van der Waals surface area contributed by atoms with Gasteiger partial charge in [-0.3, -0.25) is 4.79 Å². The van der Waals surface area contributed by atoms with Crippen LogP contribution in [0.1, 0.15) is 99.5 Å². The number of aliphatic hydroxyl groups is 1. The molecule has 0 aromatic rings. The topological polar surface area (TPSA) is 49.3 Å². The van der Waals surface area contributed by atoms with Gasteiger partial charge in [-0.1, -0.05) is 70.4 Å². The first kappa shape index (κ1) is 18.5. The Morgan fingerprint density at radius 2 is 1.61 bits per heavy atom. The van der Waals surface area contributed by atoms with E-state index in [4.69, 9.17) is 7.85 Å². The first-order valence-corrected chi connectivity index (χ1v) is 9.57. The van der Waals surface area contributed by atoms with Crippen LogP contribution >= 0.6 is 0 Å². The second kappa shape index (κ2) is 19.2. The lowest BCUT2D eigenvalue weighted by atomic mass is 10.1. The Labute approximate surface area is 146 Å². The number of hydrogen-bond donors (Lipinski definition) is 2. The molecule has 0 spiro atoms. The van der Waals surface area contributed by atoms with Gasteiger partial charge in [0.2, 0.25) is 5.91 Å². The number of aliphatic hydroxyl groups excluding tert-OH is 1. The van der Waals surface area contributed by atoms with Gasteiger partial charge in [-0.25, -0.2) is 0 Å². The number of carbonyl (C=O) groups is 1. The minimum atomic E-state index is -1.16. The SMILES string of the molecule is [2H]C([2H])(C=CCCCCCCCC(=O)NCCO)CCCCCCC. The highest BCUT2D eigenvalue weighted by Gasteiger charge is 1.99. The largest absolute Gasteiger partial charge is 0.395 e. The fourth-order valence-electron chi connectivity index (χ4n) is 2.44. The molecule has 0 radical (unpaired) electrons. The molecule has 136 valence electrons. The van der Waals surface area contributed by atoms with Gasteiger partial charge in [0.15, 0.2) is 0 Å². The molecule has 3 heteroatoms. The highest BCUT2D eigenvalue weighted by atomic mass is 16.3. The zero-order chi connectivity index (χ0) is 18.8. The lowest BCUT2D eigenvalue weighted by Gasteiger charge is -2.03. The van der Waals surface area contributed by atoms with Crippen molar-refractivity contribution in [3.05, 3.63) is 12.2 Å². The maximum absolute atomic E-state index is 11.3. The van der Waals surface area contributed by atoms with E-state index < -0.39 is 6.37 Å². The third kappa shape index (κ3) is 19.1. The van der Waals surface area contributed by atoms with Crippen LogP contribution < -0.4 is 5.32 Å². The number of allylic oxidation sites excluding steroid dienone is 2. The summed E-state index contributed by atoms with van der Waals surface area (Å²) in [5, 5.41) is 11.3. The van der Waals surface area contributed by atoms with E-state index >= 15 is 0 Å². The standard InChI is InChI=1S/C20H39NO2/c1-2-3-4-5-6-7-8-9-10-11-12-13-14-15-16-17-20(23)21-18-19-22/h9-10,22H,2-8,11-19H2,1H3,(H,21,23)/i8D2. The molecular weight excluding hydrogens is 286 g/mol. The van der Waals surface area contributed by atoms with Gasteiger partial charge >= 0.3 is 0 Å². The second-order valence-electron chi connectivity index (χ2n) is 6.15. The Bertz CT molecular complexity index is 347. The number of hydrogen-bond acceptors (Lipinski definition) is 2. The molecule has 2 N–H and O–H groups in total. The minimum absolute atomic E-state index is 0.00393. The lowest BCUT2D eigenvalue weighted by Crippen LogP contribution is -2.25. The summed E-state index contributed by atoms with van der Waals surface area (Å²) < 4.78 is 16.0. The molecule has 0 bridgehead atoms. The Morgan fingerprint density at radius 1 is 0.957 bits per heavy atom. The van der Waals surface area contributed by atoms with Crippen molar-refractivity contribution in [1.82, 2.24) is 5.32 Å². The van der Waals surface area contributed by atoms with Gasteiger partial charge in [0.25, 0.3) is 0 Å². The van der Waals surface area contributed by atoms with E-state index in [0.29, 0.717) is 19.4 Å². The average Bonchev–Trinajstić information content (AvgIpc) is 2.58. The van der Waals surface area contributed by atoms with Crippen LogP contribution in [0.15, 0.2) is 12.2 Å². The van der Waals surface area contributed by atoms with Crippen molar-refractivity contribution < 1.29 is 12.6 Å². The molecule has 3 nitrogen and oxygen atoms in total. The van der Waals surface area contributed by atoms with Crippen LogP contribution in [0.2, 0.25) is 0 Å². The van der Waals surface area contributed by atoms with Crippen LogP contribution in [0.5, 0.6) is 0 Å². The molecule has 0 atom stereocenters. The average molecular weight is 328 g/mol. The fourth-order valence-corrected chi connectivity index (χ4v) is 2.44. The number of nitrogens with one attached hydrogen (secondary N) is 1. The Kier molecular flexibility index (Phi) is 15.5. The summed E-state index contributed by atoms with van der Waals surface area (Å²) in [6.07, 6.45) is 15.8. The molecule has 0 saturated heterocycles. The van der Waals surface area contributed by atoms with Gasteiger partial charge in [-0.05, 0) is 32.1 Å². The number of amides is 1. The van der Waals surface area contributed by atoms with Crippen molar-refractivity contribution in [3.63, 3.8) is 0 Å². The van der Waals surface area contributed by atoms with Gasteiger partial charge < -0.3 is 10.4 Å². The molecule has 0 aliphatic heterocycles. The van der Waals surface area contributed by atoms with Gasteiger partial charge in [0.1, 0.15) is 0 Å². The molecule has 0 aromatic carbocycles. The molecule has 0 heterocycles. The Morgan fingerprint density at radius 3 is 2.35 bits per heavy atom. The normalized spacial score (nSPS) is 13.1. The molecule has 0 rings (SSSR count). The van der Waals surface area contributed by atoms with Gasteiger partial charge in [-0.15, -0.1) is 0 Å². The van der Waals surface area contributed by atoms with E-state index in [1.165, 1.54) is 19.3 Å². The molecule has 0 saturated carbocycles. The van der Waals surface area contributed by atoms with E-state index in [1.54, 1.807) is 6.08 Å². The van der Waals surface area contributed by atoms with Gasteiger partial charge in [-0.2, -0.15) is 0 Å². The number of carbonyl (C=O) groups excluding carboxylic acids is 1. The highest BCUT2D eigenvalue weighted by molar-refractivity contribution is 5.75. The first-order chi connectivity index (χ1) is 12.0. The van der Waals surface area contributed by atoms with Gasteiger partial charge in [0.05, 0.1) is 6.61 Å². The van der Waals surface area contributed by atoms with Gasteiger partial charge in [0, 0.05) is 15.7 Å². The summed E-state index contributed by atoms with van der Waals surface area (Å²) in [6.45, 7) is 2.53. The van der Waals surface area contributed by atoms with Crippen LogP contribution in [0, 0.1) is 0 Å². The van der Waals surface area contributed by atoms with Crippen molar-refractivity contribution in [1.29, 1.82) is 0 Å². The first-order valence-electron chi connectivity index (χ1n) is 10.6. The summed E-state index contributed by atoms with van der Waals surface area (Å²) in [7, 11) is 0. The van der Waals surface area contributed by atoms with Crippen molar-refractivity contribution in [2.24, 2.45) is 0 Å². The van der Waals surface area contributed by atoms with Crippen molar-refractivity contribution >= 4 is 5.91 Å². The van der Waals surface area contributed by atoms with Crippen LogP contribution in [0.25, 0.3) is 0 Å². The van der Waals surface area contributed by atoms with Crippen molar-refractivity contribution in [2.75, 3.05) is 13.2 Å². The second-order valence-corrected chi connectivity index (χ2v) is 6.15. The predicted octanol–water partition coefficient (Wildman–Crippen LogP) is 5.13. The smallest absolute Gasteiger partial charge is 0.220 e. The lowest BCUT2D eigenvalue weighted by molar-refractivity contribution is -0.121. The summed E-state index contributed by atoms with van der Waals surface area (Å²) in [5.74, 6) is 0.0221. The number of rotatable bonds is 17. The van der Waals surface area contributed by atoms with Crippen LogP contribution in [-0.2, 0) is 4.79 Å². The molecule has 0 unspecified atom stereocenters. The fraction of sp³-hybridized carbons (Fsp3) is 0.850. The van der Waals surface area contributed by atoms with Crippen LogP contribution in [-0.4, -0.2) is 24.2 Å². The Hall–Kier alpha value is -0.830. The van der Waals surface area contributed by atoms with Crippen molar-refractivity contribution in [2.45, 2.75) is 96.8 Å². The summed E-state index contributed by atoms with van der Waals surface area (Å²) >= 11 is 0. The summed E-state index contributed by atoms with van der Waals surface area (Å²) in [4.78, 5) is 11.3. The predicted molar refractivity (Wildman–Crippen MR) is 99.5 cm³/mol. The monoisotopic (exact) mass is 327 g/mol.